The Hall–Kier alpha value is -4.21. The zero-order chi connectivity index (χ0) is 35.9. The molecule has 3 amide bonds. The Morgan fingerprint density at radius 1 is 1.16 bits per heavy atom. The minimum atomic E-state index is -4.11. The lowest BCUT2D eigenvalue weighted by molar-refractivity contribution is -0.0115. The highest BCUT2D eigenvalue weighted by Crippen LogP contribution is 2.30. The topological polar surface area (TPSA) is 164 Å². The smallest absolute Gasteiger partial charge is 0.321 e. The number of anilines is 2. The number of likely N-dealkylation sites (N-methyl/N-ethyl adjacent to an activating group) is 1. The molecule has 0 unspecified atom stereocenters. The number of aliphatic hydroxyl groups is 1. The molecule has 4 rings (SSSR count). The molecule has 49 heavy (non-hydrogen) atoms. The van der Waals surface area contributed by atoms with Crippen LogP contribution in [-0.2, 0) is 14.8 Å². The van der Waals surface area contributed by atoms with Gasteiger partial charge >= 0.3 is 6.03 Å². The van der Waals surface area contributed by atoms with Gasteiger partial charge in [-0.15, -0.1) is 0 Å². The number of halogens is 1. The number of benzene rings is 2. The summed E-state index contributed by atoms with van der Waals surface area (Å²) in [5.41, 5.74) is 1.26. The average Bonchev–Trinajstić information content (AvgIpc) is 3.38. The van der Waals surface area contributed by atoms with Gasteiger partial charge in [0, 0.05) is 38.3 Å². The van der Waals surface area contributed by atoms with Crippen molar-refractivity contribution in [2.75, 3.05) is 43.4 Å². The third-order valence-electron chi connectivity index (χ3n) is 8.49. The second-order valence-corrected chi connectivity index (χ2v) is 14.3. The first-order valence-corrected chi connectivity index (χ1v) is 17.8. The van der Waals surface area contributed by atoms with E-state index in [-0.39, 0.29) is 59.6 Å². The lowest BCUT2D eigenvalue weighted by Crippen LogP contribution is -2.48. The summed E-state index contributed by atoms with van der Waals surface area (Å²) in [6.07, 6.45) is 1.41. The Kier molecular flexibility index (Phi) is 12.6. The van der Waals surface area contributed by atoms with Crippen LogP contribution >= 0.6 is 0 Å². The highest BCUT2D eigenvalue weighted by Gasteiger charge is 2.31. The number of fused-ring (bicyclic) bond motifs is 1. The lowest BCUT2D eigenvalue weighted by Gasteiger charge is -2.35. The molecule has 0 radical (unpaired) electrons. The molecule has 4 atom stereocenters. The van der Waals surface area contributed by atoms with E-state index in [1.807, 2.05) is 13.8 Å². The molecule has 0 bridgehead atoms. The molecule has 0 fully saturated rings. The Labute approximate surface area is 286 Å². The number of urea groups is 1. The minimum absolute atomic E-state index is 0.101. The molecule has 2 aromatic carbocycles. The molecule has 0 saturated carbocycles. The van der Waals surface area contributed by atoms with Gasteiger partial charge in [0.25, 0.3) is 15.9 Å². The summed E-state index contributed by atoms with van der Waals surface area (Å²) in [5, 5.41) is 16.9. The van der Waals surface area contributed by atoms with Gasteiger partial charge in [-0.25, -0.2) is 17.6 Å². The zero-order valence-electron chi connectivity index (χ0n) is 28.7. The normalized spacial score (nSPS) is 20.0. The number of carbonyl (C=O) groups is 2. The molecule has 15 heteroatoms. The largest absolute Gasteiger partial charge is 0.490 e. The van der Waals surface area contributed by atoms with Crippen molar-refractivity contribution in [2.24, 2.45) is 5.92 Å². The highest BCUT2D eigenvalue weighted by atomic mass is 32.2. The quantitative estimate of drug-likeness (QED) is 0.287. The predicted octanol–water partition coefficient (Wildman–Crippen LogP) is 5.19. The van der Waals surface area contributed by atoms with Crippen LogP contribution in [-0.4, -0.2) is 92.0 Å². The van der Waals surface area contributed by atoms with Crippen molar-refractivity contribution in [3.05, 3.63) is 65.3 Å². The molecule has 268 valence electrons. The van der Waals surface area contributed by atoms with E-state index in [0.717, 1.165) is 37.1 Å². The number of ether oxygens (including phenoxy) is 2. The highest BCUT2D eigenvalue weighted by molar-refractivity contribution is 7.92. The van der Waals surface area contributed by atoms with E-state index < -0.39 is 33.9 Å². The molecular weight excluding hydrogens is 657 g/mol. The maximum atomic E-state index is 14.3. The summed E-state index contributed by atoms with van der Waals surface area (Å²) in [5.74, 6) is -0.615. The van der Waals surface area contributed by atoms with E-state index in [4.69, 9.17) is 14.0 Å². The number of amides is 3. The van der Waals surface area contributed by atoms with Gasteiger partial charge in [0.05, 0.1) is 35.3 Å². The summed E-state index contributed by atoms with van der Waals surface area (Å²) < 4.78 is 59.8. The maximum Gasteiger partial charge on any atom is 0.321 e. The van der Waals surface area contributed by atoms with E-state index in [1.54, 1.807) is 33.9 Å². The average molecular weight is 704 g/mol. The van der Waals surface area contributed by atoms with Crippen LogP contribution in [0.15, 0.2) is 51.9 Å². The van der Waals surface area contributed by atoms with E-state index in [9.17, 15) is 27.5 Å². The van der Waals surface area contributed by atoms with Crippen molar-refractivity contribution in [1.29, 1.82) is 0 Å². The fourth-order valence-electron chi connectivity index (χ4n) is 5.49. The number of aryl methyl sites for hydroxylation is 2. The van der Waals surface area contributed by atoms with Gasteiger partial charge < -0.3 is 34.2 Å². The Morgan fingerprint density at radius 2 is 1.88 bits per heavy atom. The molecule has 3 N–H and O–H groups in total. The number of aromatic nitrogens is 1. The number of carbonyl (C=O) groups excluding carboxylic acids is 2. The Balaban J connectivity index is 1.63. The number of sulfonamides is 1. The fraction of sp³-hybridized carbons (Fsp3) is 0.500. The zero-order valence-corrected chi connectivity index (χ0v) is 29.5. The first kappa shape index (κ1) is 37.6. The monoisotopic (exact) mass is 703 g/mol. The number of nitrogens with zero attached hydrogens (tertiary/aromatic N) is 3. The van der Waals surface area contributed by atoms with Gasteiger partial charge in [-0.05, 0) is 89.4 Å². The van der Waals surface area contributed by atoms with E-state index in [1.165, 1.54) is 21.9 Å². The van der Waals surface area contributed by atoms with Gasteiger partial charge in [0.2, 0.25) is 0 Å². The molecule has 13 nitrogen and oxygen atoms in total. The van der Waals surface area contributed by atoms with Crippen molar-refractivity contribution < 1.29 is 41.5 Å². The van der Waals surface area contributed by atoms with Gasteiger partial charge in [0.15, 0.2) is 5.76 Å². The molecule has 2 heterocycles. The van der Waals surface area contributed by atoms with Crippen LogP contribution in [0.1, 0.15) is 61.8 Å². The number of hydrogen-bond donors (Lipinski definition) is 3. The second-order valence-electron chi connectivity index (χ2n) is 12.6. The van der Waals surface area contributed by atoms with Crippen molar-refractivity contribution in [1.82, 2.24) is 15.0 Å². The first-order valence-electron chi connectivity index (χ1n) is 16.3. The van der Waals surface area contributed by atoms with E-state index in [2.05, 4.69) is 15.2 Å². The molecule has 1 aromatic heterocycles. The van der Waals surface area contributed by atoms with Gasteiger partial charge in [-0.1, -0.05) is 12.1 Å². The third kappa shape index (κ3) is 9.70. The van der Waals surface area contributed by atoms with Crippen molar-refractivity contribution in [3.63, 3.8) is 0 Å². The van der Waals surface area contributed by atoms with Crippen molar-refractivity contribution in [2.45, 2.75) is 77.0 Å². The SMILES string of the molecule is Cc1noc(C)c1NC(=O)N(C)C[C@H]1OCCCC[C@@H](C)Oc2ccc(NS(=O)(=O)c3ccc(F)cc3)cc2C(=O)N([C@@H](C)CO)C[C@H]1C. The van der Waals surface area contributed by atoms with Gasteiger partial charge in [-0.3, -0.25) is 9.52 Å². The van der Waals surface area contributed by atoms with Crippen LogP contribution in [0.3, 0.4) is 0 Å². The summed E-state index contributed by atoms with van der Waals surface area (Å²) in [4.78, 5) is 30.4. The van der Waals surface area contributed by atoms with Crippen molar-refractivity contribution in [3.8, 4) is 5.75 Å². The Morgan fingerprint density at radius 3 is 2.53 bits per heavy atom. The van der Waals surface area contributed by atoms with E-state index >= 15 is 0 Å². The molecule has 0 saturated heterocycles. The standard InChI is InChI=1S/C34H46FN5O8S/c1-21-18-40(22(2)20-41)33(42)29-17-27(38-49(44,45)28-13-10-26(35)11-14-28)12-15-30(29)47-23(3)9-7-8-16-46-31(21)19-39(6)34(43)36-32-24(4)37-48-25(32)5/h10-15,17,21-23,31,38,41H,7-9,16,18-20H2,1-6H3,(H,36,43)/t21-,22+,23-,31-/m1/s1. The molecule has 1 aliphatic heterocycles. The van der Waals surface area contributed by atoms with Crippen LogP contribution < -0.4 is 14.8 Å². The van der Waals surface area contributed by atoms with Gasteiger partial charge in [-0.2, -0.15) is 0 Å². The van der Waals surface area contributed by atoms with Crippen molar-refractivity contribution >= 4 is 33.3 Å². The molecule has 0 spiro atoms. The summed E-state index contributed by atoms with van der Waals surface area (Å²) >= 11 is 0. The van der Waals surface area contributed by atoms with E-state index in [0.29, 0.717) is 30.2 Å². The predicted molar refractivity (Wildman–Crippen MR) is 182 cm³/mol. The number of nitrogens with one attached hydrogen (secondary N) is 2. The van der Waals surface area contributed by atoms with Crippen LogP contribution in [0.2, 0.25) is 0 Å². The number of hydrogen-bond acceptors (Lipinski definition) is 9. The maximum absolute atomic E-state index is 14.3. The molecule has 0 aliphatic carbocycles. The summed E-state index contributed by atoms with van der Waals surface area (Å²) in [6, 6.07) is 7.83. The second kappa shape index (κ2) is 16.5. The van der Waals surface area contributed by atoms with Gasteiger partial charge in [0.1, 0.15) is 22.9 Å². The third-order valence-corrected chi connectivity index (χ3v) is 9.89. The summed E-state index contributed by atoms with van der Waals surface area (Å²) in [7, 11) is -2.46. The summed E-state index contributed by atoms with van der Waals surface area (Å²) in [6.45, 7) is 9.38. The fourth-order valence-corrected chi connectivity index (χ4v) is 6.54. The van der Waals surface area contributed by atoms with Crippen LogP contribution in [0.4, 0.5) is 20.6 Å². The van der Waals surface area contributed by atoms with Crippen LogP contribution in [0.5, 0.6) is 5.75 Å². The van der Waals surface area contributed by atoms with Crippen LogP contribution in [0.25, 0.3) is 0 Å². The number of aliphatic hydroxyl groups excluding tert-OH is 1. The first-order chi connectivity index (χ1) is 23.2. The molecular formula is C34H46FN5O8S. The number of rotatable bonds is 8. The molecule has 1 aliphatic rings. The van der Waals surface area contributed by atoms with Crippen LogP contribution in [0, 0.1) is 25.6 Å². The minimum Gasteiger partial charge on any atom is -0.490 e. The molecule has 3 aromatic rings. The lowest BCUT2D eigenvalue weighted by atomic mass is 10.0. The Bertz CT molecular complexity index is 1680.